The fraction of sp³-hybridized carbons (Fsp3) is 0.375. The van der Waals surface area contributed by atoms with E-state index in [1.165, 1.54) is 42.4 Å². The van der Waals surface area contributed by atoms with Crippen LogP contribution in [0.25, 0.3) is 11.3 Å². The maximum atomic E-state index is 4.55. The van der Waals surface area contributed by atoms with Crippen molar-refractivity contribution in [1.82, 2.24) is 9.97 Å². The summed E-state index contributed by atoms with van der Waals surface area (Å²) in [6.45, 7) is 2.00. The predicted octanol–water partition coefficient (Wildman–Crippen LogP) is 3.37. The van der Waals surface area contributed by atoms with E-state index in [2.05, 4.69) is 33.5 Å². The van der Waals surface area contributed by atoms with Crippen LogP contribution in [0, 0.1) is 6.92 Å². The molecule has 0 radical (unpaired) electrons. The Morgan fingerprint density at radius 3 is 2.58 bits per heavy atom. The number of fused-ring (bicyclic) bond motifs is 1. The summed E-state index contributed by atoms with van der Waals surface area (Å²) < 4.78 is 0. The van der Waals surface area contributed by atoms with Crippen molar-refractivity contribution in [3.8, 4) is 11.3 Å². The number of rotatable bonds is 2. The van der Waals surface area contributed by atoms with Crippen LogP contribution in [0.2, 0.25) is 0 Å². The smallest absolute Gasteiger partial charge is 0.223 e. The predicted molar refractivity (Wildman–Crippen MR) is 78.4 cm³/mol. The van der Waals surface area contributed by atoms with E-state index < -0.39 is 0 Å². The van der Waals surface area contributed by atoms with Crippen molar-refractivity contribution in [2.24, 2.45) is 0 Å². The second-order valence-corrected chi connectivity index (χ2v) is 5.16. The monoisotopic (exact) mass is 253 g/mol. The standard InChI is InChI=1S/C16H19N3/c1-11-9-15(19-16(17-2)18-11)14-8-7-12-5-3-4-6-13(12)10-14/h7-10H,3-6H2,1-2H3,(H,17,18,19). The summed E-state index contributed by atoms with van der Waals surface area (Å²) in [5.41, 5.74) is 6.19. The molecule has 0 atom stereocenters. The van der Waals surface area contributed by atoms with Crippen LogP contribution >= 0.6 is 0 Å². The highest BCUT2D eigenvalue weighted by Crippen LogP contribution is 2.27. The van der Waals surface area contributed by atoms with Gasteiger partial charge in [-0.2, -0.15) is 0 Å². The lowest BCUT2D eigenvalue weighted by Gasteiger charge is -2.16. The molecular weight excluding hydrogens is 234 g/mol. The first kappa shape index (κ1) is 12.2. The molecule has 1 aromatic carbocycles. The van der Waals surface area contributed by atoms with E-state index in [9.17, 15) is 0 Å². The van der Waals surface area contributed by atoms with Gasteiger partial charge in [-0.3, -0.25) is 0 Å². The lowest BCUT2D eigenvalue weighted by molar-refractivity contribution is 0.686. The second kappa shape index (κ2) is 5.00. The first-order chi connectivity index (χ1) is 9.26. The molecule has 0 saturated heterocycles. The lowest BCUT2D eigenvalue weighted by atomic mass is 9.90. The van der Waals surface area contributed by atoms with Crippen molar-refractivity contribution >= 4 is 5.95 Å². The summed E-state index contributed by atoms with van der Waals surface area (Å²) in [5, 5.41) is 3.02. The first-order valence-corrected chi connectivity index (χ1v) is 6.92. The SMILES string of the molecule is CNc1nc(C)cc(-c2ccc3c(c2)CCCC3)n1. The Balaban J connectivity index is 2.04. The first-order valence-electron chi connectivity index (χ1n) is 6.92. The molecule has 98 valence electrons. The molecule has 0 amide bonds. The van der Waals surface area contributed by atoms with Crippen LogP contribution in [0.4, 0.5) is 5.95 Å². The number of nitrogens with zero attached hydrogens (tertiary/aromatic N) is 2. The van der Waals surface area contributed by atoms with Crippen molar-refractivity contribution in [2.75, 3.05) is 12.4 Å². The van der Waals surface area contributed by atoms with Gasteiger partial charge in [0.15, 0.2) is 0 Å². The van der Waals surface area contributed by atoms with Gasteiger partial charge in [0.05, 0.1) is 5.69 Å². The van der Waals surface area contributed by atoms with Crippen LogP contribution in [-0.4, -0.2) is 17.0 Å². The quantitative estimate of drug-likeness (QED) is 0.891. The molecule has 1 aromatic heterocycles. The van der Waals surface area contributed by atoms with Crippen molar-refractivity contribution < 1.29 is 0 Å². The molecule has 3 heteroatoms. The Morgan fingerprint density at radius 2 is 1.79 bits per heavy atom. The molecule has 1 aliphatic rings. The molecule has 0 aliphatic heterocycles. The van der Waals surface area contributed by atoms with Crippen LogP contribution in [0.3, 0.4) is 0 Å². The van der Waals surface area contributed by atoms with Gasteiger partial charge in [0.1, 0.15) is 0 Å². The number of hydrogen-bond donors (Lipinski definition) is 1. The van der Waals surface area contributed by atoms with E-state index in [0.717, 1.165) is 11.4 Å². The molecule has 0 unspecified atom stereocenters. The molecule has 0 saturated carbocycles. The zero-order chi connectivity index (χ0) is 13.2. The van der Waals surface area contributed by atoms with E-state index >= 15 is 0 Å². The highest BCUT2D eigenvalue weighted by atomic mass is 15.1. The van der Waals surface area contributed by atoms with Crippen molar-refractivity contribution in [3.05, 3.63) is 41.1 Å². The summed E-state index contributed by atoms with van der Waals surface area (Å²) >= 11 is 0. The van der Waals surface area contributed by atoms with Gasteiger partial charge in [0.2, 0.25) is 5.95 Å². The topological polar surface area (TPSA) is 37.8 Å². The number of anilines is 1. The normalized spacial score (nSPS) is 14.0. The van der Waals surface area contributed by atoms with Crippen LogP contribution in [-0.2, 0) is 12.8 Å². The Morgan fingerprint density at radius 1 is 1.00 bits per heavy atom. The highest BCUT2D eigenvalue weighted by Gasteiger charge is 2.11. The lowest BCUT2D eigenvalue weighted by Crippen LogP contribution is -2.03. The Labute approximate surface area is 114 Å². The van der Waals surface area contributed by atoms with Crippen LogP contribution < -0.4 is 5.32 Å². The number of hydrogen-bond acceptors (Lipinski definition) is 3. The third-order valence-electron chi connectivity index (χ3n) is 3.72. The van der Waals surface area contributed by atoms with Crippen LogP contribution in [0.1, 0.15) is 29.7 Å². The summed E-state index contributed by atoms with van der Waals surface area (Å²) in [4.78, 5) is 8.89. The van der Waals surface area contributed by atoms with Crippen molar-refractivity contribution in [2.45, 2.75) is 32.6 Å². The van der Waals surface area contributed by atoms with Crippen LogP contribution in [0.5, 0.6) is 0 Å². The number of aromatic nitrogens is 2. The largest absolute Gasteiger partial charge is 0.357 e. The van der Waals surface area contributed by atoms with Gasteiger partial charge >= 0.3 is 0 Å². The van der Waals surface area contributed by atoms with E-state index in [0.29, 0.717) is 5.95 Å². The summed E-state index contributed by atoms with van der Waals surface area (Å²) in [5.74, 6) is 0.688. The Bertz CT molecular complexity index is 605. The third-order valence-corrected chi connectivity index (χ3v) is 3.72. The fourth-order valence-corrected chi connectivity index (χ4v) is 2.72. The molecule has 0 bridgehead atoms. The summed E-state index contributed by atoms with van der Waals surface area (Å²) in [7, 11) is 1.85. The minimum absolute atomic E-state index is 0.688. The zero-order valence-corrected chi connectivity index (χ0v) is 11.5. The number of aryl methyl sites for hydroxylation is 3. The van der Waals surface area contributed by atoms with Gasteiger partial charge in [-0.15, -0.1) is 0 Å². The molecule has 0 spiro atoms. The Kier molecular flexibility index (Phi) is 3.20. The molecule has 1 N–H and O–H groups in total. The molecule has 1 heterocycles. The maximum absolute atomic E-state index is 4.55. The molecule has 2 aromatic rings. The molecule has 1 aliphatic carbocycles. The minimum atomic E-state index is 0.688. The van der Waals surface area contributed by atoms with Gasteiger partial charge in [-0.1, -0.05) is 12.1 Å². The van der Waals surface area contributed by atoms with E-state index in [1.807, 2.05) is 20.0 Å². The van der Waals surface area contributed by atoms with Gasteiger partial charge in [-0.05, 0) is 55.9 Å². The number of nitrogens with one attached hydrogen (secondary N) is 1. The molecule has 19 heavy (non-hydrogen) atoms. The van der Waals surface area contributed by atoms with Crippen molar-refractivity contribution in [3.63, 3.8) is 0 Å². The summed E-state index contributed by atoms with van der Waals surface area (Å²) in [6, 6.07) is 8.80. The van der Waals surface area contributed by atoms with E-state index in [1.54, 1.807) is 0 Å². The number of benzene rings is 1. The van der Waals surface area contributed by atoms with Crippen LogP contribution in [0.15, 0.2) is 24.3 Å². The van der Waals surface area contributed by atoms with Gasteiger partial charge < -0.3 is 5.32 Å². The minimum Gasteiger partial charge on any atom is -0.357 e. The highest BCUT2D eigenvalue weighted by molar-refractivity contribution is 5.62. The van der Waals surface area contributed by atoms with Gasteiger partial charge in [-0.25, -0.2) is 9.97 Å². The molecular formula is C16H19N3. The van der Waals surface area contributed by atoms with Crippen molar-refractivity contribution in [1.29, 1.82) is 0 Å². The van der Waals surface area contributed by atoms with E-state index in [-0.39, 0.29) is 0 Å². The third kappa shape index (κ3) is 2.46. The average Bonchev–Trinajstić information content (AvgIpc) is 2.46. The second-order valence-electron chi connectivity index (χ2n) is 5.16. The fourth-order valence-electron chi connectivity index (χ4n) is 2.72. The molecule has 0 fully saturated rings. The average molecular weight is 253 g/mol. The van der Waals surface area contributed by atoms with Gasteiger partial charge in [0.25, 0.3) is 0 Å². The maximum Gasteiger partial charge on any atom is 0.223 e. The molecule has 3 nitrogen and oxygen atoms in total. The molecule has 3 rings (SSSR count). The summed E-state index contributed by atoms with van der Waals surface area (Å²) in [6.07, 6.45) is 5.05. The van der Waals surface area contributed by atoms with E-state index in [4.69, 9.17) is 0 Å². The van der Waals surface area contributed by atoms with Gasteiger partial charge in [0, 0.05) is 18.3 Å². The zero-order valence-electron chi connectivity index (χ0n) is 11.5. The Hall–Kier alpha value is -1.90.